The molecule has 2 amide bonds. The fourth-order valence-corrected chi connectivity index (χ4v) is 3.78. The number of hydrogen-bond donors (Lipinski definition) is 0. The Balaban J connectivity index is 1.54. The van der Waals surface area contributed by atoms with Gasteiger partial charge < -0.3 is 9.80 Å². The lowest BCUT2D eigenvalue weighted by Gasteiger charge is -2.35. The smallest absolute Gasteiger partial charge is 0.276 e. The molecule has 2 fully saturated rings. The third kappa shape index (κ3) is 4.72. The number of para-hydroxylation sites is 1. The molecule has 27 heavy (non-hydrogen) atoms. The van der Waals surface area contributed by atoms with Crippen molar-refractivity contribution in [3.05, 3.63) is 46.0 Å². The molecule has 0 bridgehead atoms. The molecule has 0 unspecified atom stereocenters. The van der Waals surface area contributed by atoms with Crippen molar-refractivity contribution in [3.63, 3.8) is 0 Å². The van der Waals surface area contributed by atoms with Crippen LogP contribution in [0.15, 0.2) is 30.3 Å². The lowest BCUT2D eigenvalue weighted by molar-refractivity contribution is -0.385. The fourth-order valence-electron chi connectivity index (χ4n) is 3.78. The van der Waals surface area contributed by atoms with Gasteiger partial charge in [-0.3, -0.25) is 19.7 Å². The fraction of sp³-hybridized carbons (Fsp3) is 0.500. The first-order valence-electron chi connectivity index (χ1n) is 9.55. The summed E-state index contributed by atoms with van der Waals surface area (Å²) in [6, 6.07) is 6.34. The van der Waals surface area contributed by atoms with E-state index in [9.17, 15) is 19.7 Å². The van der Waals surface area contributed by atoms with Crippen molar-refractivity contribution in [2.75, 3.05) is 26.2 Å². The molecule has 0 aromatic heterocycles. The lowest BCUT2D eigenvalue weighted by Crippen LogP contribution is -2.45. The zero-order valence-corrected chi connectivity index (χ0v) is 15.4. The van der Waals surface area contributed by atoms with E-state index in [0.29, 0.717) is 31.5 Å². The van der Waals surface area contributed by atoms with Crippen LogP contribution in [0, 0.1) is 16.0 Å². The average molecular weight is 371 g/mol. The highest BCUT2D eigenvalue weighted by atomic mass is 16.6. The number of hydrogen-bond acceptors (Lipinski definition) is 4. The maximum Gasteiger partial charge on any atom is 0.276 e. The zero-order valence-electron chi connectivity index (χ0n) is 15.4. The predicted octanol–water partition coefficient (Wildman–Crippen LogP) is 2.86. The van der Waals surface area contributed by atoms with Crippen molar-refractivity contribution in [2.45, 2.75) is 32.1 Å². The Hall–Kier alpha value is -2.70. The van der Waals surface area contributed by atoms with Gasteiger partial charge in [0.1, 0.15) is 0 Å². The van der Waals surface area contributed by atoms with E-state index in [-0.39, 0.29) is 23.4 Å². The molecule has 1 aromatic rings. The van der Waals surface area contributed by atoms with Gasteiger partial charge in [0.05, 0.1) is 10.5 Å². The highest BCUT2D eigenvalue weighted by Gasteiger charge is 2.30. The first-order chi connectivity index (χ1) is 13.1. The number of rotatable bonds is 4. The summed E-state index contributed by atoms with van der Waals surface area (Å²) in [5, 5.41) is 11.0. The molecule has 7 nitrogen and oxygen atoms in total. The molecule has 2 heterocycles. The van der Waals surface area contributed by atoms with E-state index in [2.05, 4.69) is 0 Å². The number of benzene rings is 1. The SMILES string of the molecule is O=C(C=Cc1ccccc1[N+](=O)[O-])N1CCC(C(=O)N2CCCCC2)CC1. The van der Waals surface area contributed by atoms with Crippen molar-refractivity contribution in [1.82, 2.24) is 9.80 Å². The third-order valence-electron chi connectivity index (χ3n) is 5.36. The van der Waals surface area contributed by atoms with Gasteiger partial charge in [-0.1, -0.05) is 12.1 Å². The number of likely N-dealkylation sites (tertiary alicyclic amines) is 2. The van der Waals surface area contributed by atoms with Gasteiger partial charge in [0.2, 0.25) is 11.8 Å². The van der Waals surface area contributed by atoms with Crippen LogP contribution in [0.25, 0.3) is 6.08 Å². The highest BCUT2D eigenvalue weighted by molar-refractivity contribution is 5.92. The van der Waals surface area contributed by atoms with E-state index >= 15 is 0 Å². The molecule has 0 N–H and O–H groups in total. The molecule has 0 spiro atoms. The van der Waals surface area contributed by atoms with Crippen LogP contribution in [0.3, 0.4) is 0 Å². The van der Waals surface area contributed by atoms with E-state index < -0.39 is 4.92 Å². The van der Waals surface area contributed by atoms with Crippen molar-refractivity contribution >= 4 is 23.6 Å². The molecule has 1 aromatic carbocycles. The Morgan fingerprint density at radius 1 is 1.00 bits per heavy atom. The van der Waals surface area contributed by atoms with Gasteiger partial charge in [-0.2, -0.15) is 0 Å². The number of piperidine rings is 2. The first-order valence-corrected chi connectivity index (χ1v) is 9.55. The van der Waals surface area contributed by atoms with Gasteiger partial charge >= 0.3 is 0 Å². The quantitative estimate of drug-likeness (QED) is 0.463. The van der Waals surface area contributed by atoms with Crippen LogP contribution in [-0.4, -0.2) is 52.7 Å². The topological polar surface area (TPSA) is 83.8 Å². The summed E-state index contributed by atoms with van der Waals surface area (Å²) in [6.45, 7) is 2.81. The van der Waals surface area contributed by atoms with E-state index in [4.69, 9.17) is 0 Å². The maximum atomic E-state index is 12.6. The van der Waals surface area contributed by atoms with E-state index in [1.807, 2.05) is 4.90 Å². The Kier molecular flexibility index (Phi) is 6.21. The van der Waals surface area contributed by atoms with Gasteiger partial charge in [-0.25, -0.2) is 0 Å². The molecule has 2 aliphatic rings. The second kappa shape index (κ2) is 8.79. The Bertz CT molecular complexity index is 732. The van der Waals surface area contributed by atoms with Crippen molar-refractivity contribution in [3.8, 4) is 0 Å². The average Bonchev–Trinajstić information content (AvgIpc) is 2.72. The normalized spacial score (nSPS) is 18.7. The summed E-state index contributed by atoms with van der Waals surface area (Å²) in [7, 11) is 0. The Labute approximate surface area is 158 Å². The van der Waals surface area contributed by atoms with Gasteiger partial charge in [0.15, 0.2) is 0 Å². The van der Waals surface area contributed by atoms with Crippen LogP contribution in [0.5, 0.6) is 0 Å². The summed E-state index contributed by atoms with van der Waals surface area (Å²) in [6.07, 6.45) is 7.60. The molecule has 0 saturated carbocycles. The summed E-state index contributed by atoms with van der Waals surface area (Å²) in [5.74, 6) is 0.0700. The van der Waals surface area contributed by atoms with Gasteiger partial charge in [0.25, 0.3) is 5.69 Å². The van der Waals surface area contributed by atoms with Crippen LogP contribution < -0.4 is 0 Å². The number of nitrogens with zero attached hydrogens (tertiary/aromatic N) is 3. The molecule has 7 heteroatoms. The van der Waals surface area contributed by atoms with E-state index in [1.54, 1.807) is 23.1 Å². The van der Waals surface area contributed by atoms with Crippen LogP contribution in [0.1, 0.15) is 37.7 Å². The van der Waals surface area contributed by atoms with Gasteiger partial charge in [-0.15, -0.1) is 0 Å². The predicted molar refractivity (Wildman–Crippen MR) is 102 cm³/mol. The molecular formula is C20H25N3O4. The van der Waals surface area contributed by atoms with Crippen LogP contribution in [-0.2, 0) is 9.59 Å². The van der Waals surface area contributed by atoms with Crippen LogP contribution in [0.2, 0.25) is 0 Å². The molecule has 2 saturated heterocycles. The molecule has 0 aliphatic carbocycles. The number of nitro groups is 1. The van der Waals surface area contributed by atoms with E-state index in [0.717, 1.165) is 25.9 Å². The van der Waals surface area contributed by atoms with Crippen LogP contribution >= 0.6 is 0 Å². The van der Waals surface area contributed by atoms with Crippen LogP contribution in [0.4, 0.5) is 5.69 Å². The summed E-state index contributed by atoms with van der Waals surface area (Å²) in [5.41, 5.74) is 0.387. The first kappa shape index (κ1) is 19.1. The second-order valence-corrected chi connectivity index (χ2v) is 7.13. The molecule has 0 atom stereocenters. The number of carbonyl (C=O) groups is 2. The van der Waals surface area contributed by atoms with Gasteiger partial charge in [0, 0.05) is 44.2 Å². The lowest BCUT2D eigenvalue weighted by atomic mass is 9.94. The monoisotopic (exact) mass is 371 g/mol. The highest BCUT2D eigenvalue weighted by Crippen LogP contribution is 2.23. The summed E-state index contributed by atoms with van der Waals surface area (Å²) >= 11 is 0. The molecular weight excluding hydrogens is 346 g/mol. The molecule has 144 valence electrons. The number of nitro benzene ring substituents is 1. The van der Waals surface area contributed by atoms with Gasteiger partial charge in [-0.05, 0) is 44.2 Å². The summed E-state index contributed by atoms with van der Waals surface area (Å²) < 4.78 is 0. The van der Waals surface area contributed by atoms with Crippen molar-refractivity contribution in [1.29, 1.82) is 0 Å². The standard InChI is InChI=1S/C20H25N3O4/c24-19(9-8-16-6-2-3-7-18(16)23(26)27)21-14-10-17(11-15-21)20(25)22-12-4-1-5-13-22/h2-3,6-9,17H,1,4-5,10-15H2. The maximum absolute atomic E-state index is 12.6. The van der Waals surface area contributed by atoms with E-state index in [1.165, 1.54) is 24.6 Å². The largest absolute Gasteiger partial charge is 0.342 e. The minimum absolute atomic E-state index is 0.00587. The number of amides is 2. The third-order valence-corrected chi connectivity index (χ3v) is 5.36. The second-order valence-electron chi connectivity index (χ2n) is 7.13. The number of carbonyl (C=O) groups excluding carboxylic acids is 2. The van der Waals surface area contributed by atoms with Crippen molar-refractivity contribution in [2.24, 2.45) is 5.92 Å². The molecule has 2 aliphatic heterocycles. The molecule has 3 rings (SSSR count). The minimum atomic E-state index is -0.456. The Morgan fingerprint density at radius 3 is 2.33 bits per heavy atom. The molecule has 0 radical (unpaired) electrons. The summed E-state index contributed by atoms with van der Waals surface area (Å²) in [4.78, 5) is 39.3. The Morgan fingerprint density at radius 2 is 1.67 bits per heavy atom. The zero-order chi connectivity index (χ0) is 19.2. The van der Waals surface area contributed by atoms with Crippen molar-refractivity contribution < 1.29 is 14.5 Å². The minimum Gasteiger partial charge on any atom is -0.342 e.